The molecule has 0 unspecified atom stereocenters. The van der Waals surface area contributed by atoms with Crippen LogP contribution in [0.5, 0.6) is 0 Å². The van der Waals surface area contributed by atoms with Gasteiger partial charge in [-0.05, 0) is 31.5 Å². The highest BCUT2D eigenvalue weighted by Gasteiger charge is 1.99. The van der Waals surface area contributed by atoms with E-state index in [1.54, 1.807) is 0 Å². The van der Waals surface area contributed by atoms with Crippen LogP contribution in [0.25, 0.3) is 0 Å². The Balaban J connectivity index is 3.31. The first-order valence-corrected chi connectivity index (χ1v) is 4.64. The third kappa shape index (κ3) is 7.70. The third-order valence-electron chi connectivity index (χ3n) is 1.68. The summed E-state index contributed by atoms with van der Waals surface area (Å²) in [5.74, 6) is 0.804. The van der Waals surface area contributed by atoms with Crippen LogP contribution in [-0.4, -0.2) is 11.2 Å². The third-order valence-corrected chi connectivity index (χ3v) is 1.78. The lowest BCUT2D eigenvalue weighted by Gasteiger charge is -2.05. The van der Waals surface area contributed by atoms with Crippen molar-refractivity contribution >= 4 is 17.4 Å². The zero-order valence-electron chi connectivity index (χ0n) is 7.63. The van der Waals surface area contributed by atoms with Gasteiger partial charge in [-0.25, -0.2) is 4.99 Å². The van der Waals surface area contributed by atoms with Crippen LogP contribution in [0, 0.1) is 5.92 Å². The number of hydrogen-bond acceptors (Lipinski definition) is 2. The van der Waals surface area contributed by atoms with E-state index in [1.165, 1.54) is 12.8 Å². The molecule has 0 heterocycles. The molecule has 0 saturated heterocycles. The molecule has 0 aromatic carbocycles. The highest BCUT2D eigenvalue weighted by molar-refractivity contribution is 7.78. The average Bonchev–Trinajstić information content (AvgIpc) is 1.87. The molecule has 0 fully saturated rings. The van der Waals surface area contributed by atoms with Crippen molar-refractivity contribution in [1.82, 2.24) is 0 Å². The van der Waals surface area contributed by atoms with Crippen molar-refractivity contribution < 1.29 is 0 Å². The minimum atomic E-state index is 0.367. The zero-order valence-corrected chi connectivity index (χ0v) is 8.45. The molecule has 0 aliphatic heterocycles. The number of nitrogens with zero attached hydrogens (tertiary/aromatic N) is 1. The van der Waals surface area contributed by atoms with Gasteiger partial charge in [-0.15, -0.1) is 0 Å². The molecule has 64 valence electrons. The molecule has 0 amide bonds. The smallest absolute Gasteiger partial charge is 0.0587 e. The Hall–Kier alpha value is -0.200. The Kier molecular flexibility index (Phi) is 6.39. The maximum absolute atomic E-state index is 4.51. The van der Waals surface area contributed by atoms with Crippen molar-refractivity contribution in [1.29, 1.82) is 0 Å². The Labute approximate surface area is 74.9 Å². The molecule has 0 radical (unpaired) electrons. The predicted octanol–water partition coefficient (Wildman–Crippen LogP) is 3.30. The number of aliphatic imine (C=N–C) groups is 1. The predicted molar refractivity (Wildman–Crippen MR) is 53.2 cm³/mol. The van der Waals surface area contributed by atoms with Crippen molar-refractivity contribution in [3.05, 3.63) is 0 Å². The van der Waals surface area contributed by atoms with Gasteiger partial charge in [0.25, 0.3) is 0 Å². The van der Waals surface area contributed by atoms with E-state index >= 15 is 0 Å². The van der Waals surface area contributed by atoms with E-state index in [-0.39, 0.29) is 0 Å². The Morgan fingerprint density at radius 3 is 2.36 bits per heavy atom. The van der Waals surface area contributed by atoms with Gasteiger partial charge in [-0.1, -0.05) is 26.7 Å². The number of rotatable bonds is 5. The van der Waals surface area contributed by atoms with Crippen LogP contribution >= 0.6 is 12.2 Å². The zero-order chi connectivity index (χ0) is 8.69. The first-order chi connectivity index (χ1) is 5.16. The SMILES string of the molecule is CC(C)CCC[C@H](C)N=C=S. The van der Waals surface area contributed by atoms with E-state index in [0.29, 0.717) is 6.04 Å². The molecule has 0 aliphatic carbocycles. The minimum Gasteiger partial charge on any atom is -0.229 e. The van der Waals surface area contributed by atoms with Crippen molar-refractivity contribution in [3.8, 4) is 0 Å². The summed E-state index contributed by atoms with van der Waals surface area (Å²) in [5.41, 5.74) is 0. The highest BCUT2D eigenvalue weighted by atomic mass is 32.1. The van der Waals surface area contributed by atoms with Crippen LogP contribution in [0.3, 0.4) is 0 Å². The van der Waals surface area contributed by atoms with Crippen LogP contribution in [-0.2, 0) is 0 Å². The fraction of sp³-hybridized carbons (Fsp3) is 0.889. The van der Waals surface area contributed by atoms with Crippen molar-refractivity contribution in [2.45, 2.75) is 46.1 Å². The van der Waals surface area contributed by atoms with Crippen LogP contribution in [0.1, 0.15) is 40.0 Å². The average molecular weight is 171 g/mol. The van der Waals surface area contributed by atoms with Crippen LogP contribution in [0.2, 0.25) is 0 Å². The maximum Gasteiger partial charge on any atom is 0.0587 e. The van der Waals surface area contributed by atoms with E-state index in [1.807, 2.05) is 0 Å². The minimum absolute atomic E-state index is 0.367. The highest BCUT2D eigenvalue weighted by Crippen LogP contribution is 2.09. The standard InChI is InChI=1S/C9H17NS/c1-8(2)5-4-6-9(3)10-7-11/h8-9H,4-6H2,1-3H3/t9-/m0/s1. The second-order valence-electron chi connectivity index (χ2n) is 3.39. The molecule has 0 rings (SSSR count). The molecular formula is C9H17NS. The van der Waals surface area contributed by atoms with Crippen LogP contribution < -0.4 is 0 Å². The largest absolute Gasteiger partial charge is 0.229 e. The first-order valence-electron chi connectivity index (χ1n) is 4.23. The summed E-state index contributed by atoms with van der Waals surface area (Å²) >= 11 is 4.51. The van der Waals surface area contributed by atoms with E-state index < -0.39 is 0 Å². The maximum atomic E-state index is 4.51. The molecular weight excluding hydrogens is 154 g/mol. The summed E-state index contributed by atoms with van der Waals surface area (Å²) in [5, 5.41) is 2.41. The van der Waals surface area contributed by atoms with Gasteiger partial charge in [-0.2, -0.15) is 0 Å². The molecule has 0 aliphatic rings. The molecule has 11 heavy (non-hydrogen) atoms. The molecule has 2 heteroatoms. The van der Waals surface area contributed by atoms with Gasteiger partial charge >= 0.3 is 0 Å². The summed E-state index contributed by atoms with van der Waals surface area (Å²) in [6.07, 6.45) is 3.68. The number of isothiocyanates is 1. The molecule has 0 N–H and O–H groups in total. The molecule has 0 saturated carbocycles. The van der Waals surface area contributed by atoms with E-state index in [0.717, 1.165) is 12.3 Å². The summed E-state index contributed by atoms with van der Waals surface area (Å²) in [6.45, 7) is 6.57. The molecule has 0 bridgehead atoms. The summed E-state index contributed by atoms with van der Waals surface area (Å²) < 4.78 is 0. The van der Waals surface area contributed by atoms with Crippen LogP contribution in [0.4, 0.5) is 0 Å². The van der Waals surface area contributed by atoms with Crippen molar-refractivity contribution in [2.75, 3.05) is 0 Å². The van der Waals surface area contributed by atoms with E-state index in [9.17, 15) is 0 Å². The lowest BCUT2D eigenvalue weighted by Crippen LogP contribution is -1.98. The second-order valence-corrected chi connectivity index (χ2v) is 3.58. The lowest BCUT2D eigenvalue weighted by molar-refractivity contribution is 0.512. The van der Waals surface area contributed by atoms with Gasteiger partial charge in [0.05, 0.1) is 11.2 Å². The number of hydrogen-bond donors (Lipinski definition) is 0. The Bertz CT molecular complexity index is 136. The second kappa shape index (κ2) is 6.51. The quantitative estimate of drug-likeness (QED) is 0.456. The normalized spacial score (nSPS) is 12.7. The molecule has 1 nitrogen and oxygen atoms in total. The molecule has 0 aromatic heterocycles. The first kappa shape index (κ1) is 10.8. The van der Waals surface area contributed by atoms with Gasteiger partial charge in [0.1, 0.15) is 0 Å². The van der Waals surface area contributed by atoms with Crippen molar-refractivity contribution in [2.24, 2.45) is 10.9 Å². The molecule has 0 spiro atoms. The van der Waals surface area contributed by atoms with Gasteiger partial charge in [0, 0.05) is 0 Å². The van der Waals surface area contributed by atoms with Gasteiger partial charge < -0.3 is 0 Å². The van der Waals surface area contributed by atoms with Gasteiger partial charge in [0.2, 0.25) is 0 Å². The summed E-state index contributed by atoms with van der Waals surface area (Å²) in [4.78, 5) is 3.99. The lowest BCUT2D eigenvalue weighted by atomic mass is 10.0. The fourth-order valence-electron chi connectivity index (χ4n) is 0.976. The Morgan fingerprint density at radius 1 is 1.27 bits per heavy atom. The number of thiocarbonyl (C=S) groups is 1. The monoisotopic (exact) mass is 171 g/mol. The molecule has 0 aromatic rings. The van der Waals surface area contributed by atoms with Crippen LogP contribution in [0.15, 0.2) is 4.99 Å². The van der Waals surface area contributed by atoms with Gasteiger partial charge in [0.15, 0.2) is 0 Å². The molecule has 1 atom stereocenters. The summed E-state index contributed by atoms with van der Waals surface area (Å²) in [6, 6.07) is 0.367. The Morgan fingerprint density at radius 2 is 1.91 bits per heavy atom. The van der Waals surface area contributed by atoms with Crippen molar-refractivity contribution in [3.63, 3.8) is 0 Å². The van der Waals surface area contributed by atoms with E-state index in [2.05, 4.69) is 43.1 Å². The fourth-order valence-corrected chi connectivity index (χ4v) is 1.16. The summed E-state index contributed by atoms with van der Waals surface area (Å²) in [7, 11) is 0. The topological polar surface area (TPSA) is 12.4 Å². The van der Waals surface area contributed by atoms with Gasteiger partial charge in [-0.3, -0.25) is 0 Å². The van der Waals surface area contributed by atoms with E-state index in [4.69, 9.17) is 0 Å².